The molecule has 0 aromatic heterocycles. The number of fused-ring (bicyclic) bond motifs is 1. The summed E-state index contributed by atoms with van der Waals surface area (Å²) < 4.78 is 5.58. The van der Waals surface area contributed by atoms with Crippen LogP contribution in [0.25, 0.3) is 0 Å². The van der Waals surface area contributed by atoms with Crippen molar-refractivity contribution in [1.29, 1.82) is 0 Å². The average molecular weight is 231 g/mol. The normalized spacial score (nSPS) is 20.9. The van der Waals surface area contributed by atoms with Gasteiger partial charge in [-0.2, -0.15) is 0 Å². The molecule has 1 aromatic carbocycles. The summed E-state index contributed by atoms with van der Waals surface area (Å²) >= 11 is 0. The molecule has 2 aliphatic rings. The molecular weight excluding hydrogens is 210 g/mol. The smallest absolute Gasteiger partial charge is 0.124 e. The lowest BCUT2D eigenvalue weighted by molar-refractivity contribution is 0.401. The molecule has 92 valence electrons. The Morgan fingerprint density at radius 3 is 2.41 bits per heavy atom. The third-order valence-electron chi connectivity index (χ3n) is 4.35. The van der Waals surface area contributed by atoms with E-state index in [0.29, 0.717) is 0 Å². The molecule has 3 rings (SSSR count). The minimum atomic E-state index is -0.0829. The van der Waals surface area contributed by atoms with Gasteiger partial charge in [0.05, 0.1) is 7.11 Å². The molecule has 0 radical (unpaired) electrons. The average Bonchev–Trinajstić information content (AvgIpc) is 3.07. The highest BCUT2D eigenvalue weighted by Gasteiger charge is 2.44. The van der Waals surface area contributed by atoms with E-state index in [1.165, 1.54) is 42.4 Å². The van der Waals surface area contributed by atoms with Gasteiger partial charge in [0.15, 0.2) is 0 Å². The van der Waals surface area contributed by atoms with Crippen molar-refractivity contribution in [3.63, 3.8) is 0 Å². The summed E-state index contributed by atoms with van der Waals surface area (Å²) in [5.74, 6) is 1.02. The zero-order valence-electron chi connectivity index (χ0n) is 10.8. The van der Waals surface area contributed by atoms with Gasteiger partial charge >= 0.3 is 0 Å². The second-order valence-electron chi connectivity index (χ2n) is 5.59. The van der Waals surface area contributed by atoms with Crippen LogP contribution in [-0.4, -0.2) is 7.11 Å². The molecule has 17 heavy (non-hydrogen) atoms. The van der Waals surface area contributed by atoms with Crippen LogP contribution in [0.5, 0.6) is 5.75 Å². The Kier molecular flexibility index (Phi) is 2.44. The van der Waals surface area contributed by atoms with E-state index in [2.05, 4.69) is 13.0 Å². The van der Waals surface area contributed by atoms with Gasteiger partial charge in [0.2, 0.25) is 0 Å². The molecule has 2 N–H and O–H groups in total. The first-order valence-electron chi connectivity index (χ1n) is 6.64. The molecule has 1 fully saturated rings. The standard InChI is InChI=1S/C15H21NO/c1-10-9-13(17-2)14(15(16)7-8-15)12-6-4-3-5-11(10)12/h9H,3-8,16H2,1-2H3. The predicted octanol–water partition coefficient (Wildman–Crippen LogP) is 2.83. The fourth-order valence-electron chi connectivity index (χ4n) is 3.21. The van der Waals surface area contributed by atoms with E-state index < -0.39 is 0 Å². The highest BCUT2D eigenvalue weighted by molar-refractivity contribution is 5.55. The first kappa shape index (κ1) is 11.1. The van der Waals surface area contributed by atoms with Crippen LogP contribution in [0, 0.1) is 6.92 Å². The number of hydrogen-bond donors (Lipinski definition) is 1. The lowest BCUT2D eigenvalue weighted by Crippen LogP contribution is -2.24. The van der Waals surface area contributed by atoms with E-state index in [-0.39, 0.29) is 5.54 Å². The van der Waals surface area contributed by atoms with Gasteiger partial charge in [-0.15, -0.1) is 0 Å². The number of ether oxygens (including phenoxy) is 1. The van der Waals surface area contributed by atoms with E-state index in [9.17, 15) is 0 Å². The minimum absolute atomic E-state index is 0.0829. The Hall–Kier alpha value is -1.02. The van der Waals surface area contributed by atoms with Crippen molar-refractivity contribution in [3.8, 4) is 5.75 Å². The van der Waals surface area contributed by atoms with Gasteiger partial charge in [-0.05, 0) is 68.2 Å². The molecule has 0 atom stereocenters. The number of nitrogens with two attached hydrogens (primary N) is 1. The van der Waals surface area contributed by atoms with Crippen molar-refractivity contribution in [3.05, 3.63) is 28.3 Å². The number of aryl methyl sites for hydroxylation is 1. The van der Waals surface area contributed by atoms with E-state index >= 15 is 0 Å². The third kappa shape index (κ3) is 1.66. The highest BCUT2D eigenvalue weighted by Crippen LogP contribution is 2.50. The van der Waals surface area contributed by atoms with Crippen molar-refractivity contribution in [2.75, 3.05) is 7.11 Å². The minimum Gasteiger partial charge on any atom is -0.496 e. The maximum atomic E-state index is 6.44. The van der Waals surface area contributed by atoms with Crippen molar-refractivity contribution < 1.29 is 4.74 Å². The number of benzene rings is 1. The molecule has 0 bridgehead atoms. The Morgan fingerprint density at radius 1 is 1.18 bits per heavy atom. The summed E-state index contributed by atoms with van der Waals surface area (Å²) in [4.78, 5) is 0. The molecule has 2 nitrogen and oxygen atoms in total. The second-order valence-corrected chi connectivity index (χ2v) is 5.59. The van der Waals surface area contributed by atoms with Crippen LogP contribution in [0.3, 0.4) is 0 Å². The first-order chi connectivity index (χ1) is 8.15. The Labute approximate surface area is 103 Å². The zero-order chi connectivity index (χ0) is 12.0. The number of hydrogen-bond acceptors (Lipinski definition) is 2. The lowest BCUT2D eigenvalue weighted by atomic mass is 9.82. The van der Waals surface area contributed by atoms with Crippen LogP contribution in [-0.2, 0) is 18.4 Å². The van der Waals surface area contributed by atoms with Gasteiger partial charge in [-0.1, -0.05) is 0 Å². The fraction of sp³-hybridized carbons (Fsp3) is 0.600. The molecule has 0 amide bonds. The summed E-state index contributed by atoms with van der Waals surface area (Å²) in [7, 11) is 1.76. The van der Waals surface area contributed by atoms with Crippen molar-refractivity contribution >= 4 is 0 Å². The molecule has 0 saturated heterocycles. The molecule has 1 aromatic rings. The van der Waals surface area contributed by atoms with Gasteiger partial charge in [0, 0.05) is 11.1 Å². The highest BCUT2D eigenvalue weighted by atomic mass is 16.5. The van der Waals surface area contributed by atoms with Crippen LogP contribution in [0.2, 0.25) is 0 Å². The Bertz CT molecular complexity index is 460. The summed E-state index contributed by atoms with van der Waals surface area (Å²) in [6.07, 6.45) is 7.23. The SMILES string of the molecule is COc1cc(C)c2c(c1C1(N)CC1)CCCC2. The van der Waals surface area contributed by atoms with Crippen LogP contribution in [0.4, 0.5) is 0 Å². The topological polar surface area (TPSA) is 35.2 Å². The van der Waals surface area contributed by atoms with Crippen molar-refractivity contribution in [2.45, 2.75) is 51.0 Å². The van der Waals surface area contributed by atoms with Crippen LogP contribution in [0.15, 0.2) is 6.07 Å². The predicted molar refractivity (Wildman–Crippen MR) is 69.5 cm³/mol. The fourth-order valence-corrected chi connectivity index (χ4v) is 3.21. The summed E-state index contributed by atoms with van der Waals surface area (Å²) in [5, 5.41) is 0. The van der Waals surface area contributed by atoms with E-state index in [4.69, 9.17) is 10.5 Å². The van der Waals surface area contributed by atoms with E-state index in [0.717, 1.165) is 18.6 Å². The van der Waals surface area contributed by atoms with E-state index in [1.54, 1.807) is 12.7 Å². The molecule has 2 heteroatoms. The molecule has 2 aliphatic carbocycles. The molecule has 1 saturated carbocycles. The molecule has 0 heterocycles. The maximum Gasteiger partial charge on any atom is 0.124 e. The molecule has 0 aliphatic heterocycles. The molecule has 0 spiro atoms. The quantitative estimate of drug-likeness (QED) is 0.849. The maximum absolute atomic E-state index is 6.44. The van der Waals surface area contributed by atoms with Gasteiger partial charge < -0.3 is 10.5 Å². The van der Waals surface area contributed by atoms with Gasteiger partial charge in [0.25, 0.3) is 0 Å². The van der Waals surface area contributed by atoms with Gasteiger partial charge in [-0.25, -0.2) is 0 Å². The van der Waals surface area contributed by atoms with Crippen molar-refractivity contribution in [1.82, 2.24) is 0 Å². The second kappa shape index (κ2) is 3.74. The monoisotopic (exact) mass is 231 g/mol. The summed E-state index contributed by atoms with van der Waals surface area (Å²) in [5.41, 5.74) is 12.1. The van der Waals surface area contributed by atoms with Crippen molar-refractivity contribution in [2.24, 2.45) is 5.73 Å². The summed E-state index contributed by atoms with van der Waals surface area (Å²) in [6.45, 7) is 2.20. The summed E-state index contributed by atoms with van der Waals surface area (Å²) in [6, 6.07) is 2.19. The van der Waals surface area contributed by atoms with Gasteiger partial charge in [-0.3, -0.25) is 0 Å². The number of methoxy groups -OCH3 is 1. The lowest BCUT2D eigenvalue weighted by Gasteiger charge is -2.26. The first-order valence-corrected chi connectivity index (χ1v) is 6.64. The Balaban J connectivity index is 2.22. The number of rotatable bonds is 2. The van der Waals surface area contributed by atoms with Crippen LogP contribution < -0.4 is 10.5 Å². The largest absolute Gasteiger partial charge is 0.496 e. The molecule has 0 unspecified atom stereocenters. The third-order valence-corrected chi connectivity index (χ3v) is 4.35. The van der Waals surface area contributed by atoms with Crippen LogP contribution >= 0.6 is 0 Å². The Morgan fingerprint density at radius 2 is 1.82 bits per heavy atom. The van der Waals surface area contributed by atoms with E-state index in [1.807, 2.05) is 0 Å². The van der Waals surface area contributed by atoms with Crippen LogP contribution in [0.1, 0.15) is 47.9 Å². The van der Waals surface area contributed by atoms with Gasteiger partial charge in [0.1, 0.15) is 5.75 Å². The molecular formula is C15H21NO. The zero-order valence-corrected chi connectivity index (χ0v) is 10.8.